The van der Waals surface area contributed by atoms with Gasteiger partial charge < -0.3 is 4.74 Å². The molecule has 78 valence electrons. The Morgan fingerprint density at radius 3 is 2.93 bits per heavy atom. The van der Waals surface area contributed by atoms with Gasteiger partial charge in [-0.15, -0.1) is 0 Å². The molecule has 0 saturated heterocycles. The highest BCUT2D eigenvalue weighted by Crippen LogP contribution is 2.29. The summed E-state index contributed by atoms with van der Waals surface area (Å²) >= 11 is 3.40. The predicted molar refractivity (Wildman–Crippen MR) is 61.3 cm³/mol. The van der Waals surface area contributed by atoms with Gasteiger partial charge in [-0.3, -0.25) is 4.79 Å². The van der Waals surface area contributed by atoms with Crippen LogP contribution in [0.2, 0.25) is 0 Å². The molecule has 0 N–H and O–H groups in total. The Morgan fingerprint density at radius 2 is 2.27 bits per heavy atom. The highest BCUT2D eigenvalue weighted by atomic mass is 79.9. The molecule has 1 aromatic carbocycles. The molecule has 0 spiro atoms. The summed E-state index contributed by atoms with van der Waals surface area (Å²) in [6.07, 6.45) is 1.84. The Bertz CT molecular complexity index is 423. The smallest absolute Gasteiger partial charge is 0.163 e. The van der Waals surface area contributed by atoms with Crippen molar-refractivity contribution in [2.45, 2.75) is 19.4 Å². The first-order chi connectivity index (χ1) is 7.15. The van der Waals surface area contributed by atoms with E-state index >= 15 is 0 Å². The Morgan fingerprint density at radius 1 is 1.47 bits per heavy atom. The van der Waals surface area contributed by atoms with Crippen molar-refractivity contribution in [3.8, 4) is 0 Å². The topological polar surface area (TPSA) is 26.3 Å². The maximum atomic E-state index is 11.4. The molecule has 1 heterocycles. The Balaban J connectivity index is 2.26. The molecule has 1 unspecified atom stereocenters. The Kier molecular flexibility index (Phi) is 2.91. The molecule has 0 fully saturated rings. The number of allylic oxidation sites excluding steroid dienone is 2. The van der Waals surface area contributed by atoms with Crippen LogP contribution in [-0.2, 0) is 9.53 Å². The highest BCUT2D eigenvalue weighted by molar-refractivity contribution is 9.10. The summed E-state index contributed by atoms with van der Waals surface area (Å²) in [6, 6.07) is 7.86. The molecule has 2 rings (SSSR count). The first-order valence-corrected chi connectivity index (χ1v) is 5.58. The van der Waals surface area contributed by atoms with Crippen LogP contribution < -0.4 is 0 Å². The number of carbonyl (C=O) groups is 1. The summed E-state index contributed by atoms with van der Waals surface area (Å²) in [5, 5.41) is 0. The van der Waals surface area contributed by atoms with Crippen molar-refractivity contribution in [3.05, 3.63) is 46.1 Å². The van der Waals surface area contributed by atoms with E-state index in [0.717, 1.165) is 10.0 Å². The fourth-order valence-corrected chi connectivity index (χ4v) is 2.08. The summed E-state index contributed by atoms with van der Waals surface area (Å²) < 4.78 is 6.62. The second-order valence-electron chi connectivity index (χ2n) is 3.59. The second-order valence-corrected chi connectivity index (χ2v) is 4.50. The first kappa shape index (κ1) is 10.4. The van der Waals surface area contributed by atoms with E-state index in [1.165, 1.54) is 0 Å². The second kappa shape index (κ2) is 4.19. The number of halogens is 1. The van der Waals surface area contributed by atoms with Crippen LogP contribution >= 0.6 is 15.9 Å². The maximum absolute atomic E-state index is 11.4. The lowest BCUT2D eigenvalue weighted by molar-refractivity contribution is -0.118. The van der Waals surface area contributed by atoms with Crippen molar-refractivity contribution in [1.29, 1.82) is 0 Å². The van der Waals surface area contributed by atoms with Gasteiger partial charge in [-0.1, -0.05) is 28.1 Å². The van der Waals surface area contributed by atoms with Crippen molar-refractivity contribution >= 4 is 21.7 Å². The summed E-state index contributed by atoms with van der Waals surface area (Å²) in [6.45, 7) is 1.81. The molecule has 3 heteroatoms. The first-order valence-electron chi connectivity index (χ1n) is 4.78. The largest absolute Gasteiger partial charge is 0.490 e. The lowest BCUT2D eigenvalue weighted by Crippen LogP contribution is -2.14. The predicted octanol–water partition coefficient (Wildman–Crippen LogP) is 3.38. The molecule has 0 aliphatic carbocycles. The van der Waals surface area contributed by atoms with Crippen molar-refractivity contribution in [2.75, 3.05) is 0 Å². The van der Waals surface area contributed by atoms with E-state index in [1.807, 2.05) is 31.2 Å². The minimum Gasteiger partial charge on any atom is -0.490 e. The average molecular weight is 267 g/mol. The van der Waals surface area contributed by atoms with Gasteiger partial charge in [-0.2, -0.15) is 0 Å². The SMILES string of the molecule is CC1=CC(=O)CC(c2cccc(Br)c2)O1. The average Bonchev–Trinajstić information content (AvgIpc) is 2.16. The third-order valence-corrected chi connectivity index (χ3v) is 2.79. The number of hydrogen-bond acceptors (Lipinski definition) is 2. The zero-order chi connectivity index (χ0) is 10.8. The van der Waals surface area contributed by atoms with Gasteiger partial charge in [0, 0.05) is 10.5 Å². The third kappa shape index (κ3) is 2.48. The fraction of sp³-hybridized carbons (Fsp3) is 0.250. The molecule has 1 atom stereocenters. The van der Waals surface area contributed by atoms with E-state index < -0.39 is 0 Å². The zero-order valence-electron chi connectivity index (χ0n) is 8.37. The fourth-order valence-electron chi connectivity index (χ4n) is 1.66. The van der Waals surface area contributed by atoms with Gasteiger partial charge in [0.1, 0.15) is 6.10 Å². The van der Waals surface area contributed by atoms with Crippen LogP contribution in [0.4, 0.5) is 0 Å². The van der Waals surface area contributed by atoms with E-state index in [0.29, 0.717) is 12.2 Å². The van der Waals surface area contributed by atoms with Gasteiger partial charge in [0.25, 0.3) is 0 Å². The normalized spacial score (nSPS) is 20.8. The number of ether oxygens (including phenoxy) is 1. The zero-order valence-corrected chi connectivity index (χ0v) is 9.95. The molecule has 0 aromatic heterocycles. The molecule has 1 aliphatic rings. The van der Waals surface area contributed by atoms with Crippen LogP contribution in [0.25, 0.3) is 0 Å². The molecular weight excluding hydrogens is 256 g/mol. The molecule has 0 saturated carbocycles. The number of benzene rings is 1. The van der Waals surface area contributed by atoms with Gasteiger partial charge in [-0.05, 0) is 24.6 Å². The van der Waals surface area contributed by atoms with E-state index in [9.17, 15) is 4.79 Å². The number of rotatable bonds is 1. The minimum atomic E-state index is -0.139. The Hall–Kier alpha value is -1.09. The number of ketones is 1. The van der Waals surface area contributed by atoms with Gasteiger partial charge in [0.2, 0.25) is 0 Å². The molecule has 15 heavy (non-hydrogen) atoms. The van der Waals surface area contributed by atoms with Gasteiger partial charge in [-0.25, -0.2) is 0 Å². The minimum absolute atomic E-state index is 0.128. The van der Waals surface area contributed by atoms with Crippen molar-refractivity contribution in [3.63, 3.8) is 0 Å². The van der Waals surface area contributed by atoms with Gasteiger partial charge >= 0.3 is 0 Å². The van der Waals surface area contributed by atoms with Crippen LogP contribution in [0, 0.1) is 0 Å². The Labute approximate surface area is 97.1 Å². The molecular formula is C12H11BrO2. The van der Waals surface area contributed by atoms with Gasteiger partial charge in [0.05, 0.1) is 12.2 Å². The number of hydrogen-bond donors (Lipinski definition) is 0. The van der Waals surface area contributed by atoms with Crippen LogP contribution in [-0.4, -0.2) is 5.78 Å². The quantitative estimate of drug-likeness (QED) is 0.779. The standard InChI is InChI=1S/C12H11BrO2/c1-8-5-11(14)7-12(15-8)9-3-2-4-10(13)6-9/h2-6,12H,7H2,1H3. The van der Waals surface area contributed by atoms with E-state index in [1.54, 1.807) is 6.08 Å². The summed E-state index contributed by atoms with van der Waals surface area (Å²) in [5.74, 6) is 0.819. The lowest BCUT2D eigenvalue weighted by atomic mass is 10.0. The molecule has 1 aromatic rings. The van der Waals surface area contributed by atoms with Crippen molar-refractivity contribution in [1.82, 2.24) is 0 Å². The van der Waals surface area contributed by atoms with Crippen LogP contribution in [0.5, 0.6) is 0 Å². The summed E-state index contributed by atoms with van der Waals surface area (Å²) in [4.78, 5) is 11.4. The number of carbonyl (C=O) groups excluding carboxylic acids is 1. The van der Waals surface area contributed by atoms with Crippen LogP contribution in [0.1, 0.15) is 25.0 Å². The molecule has 0 radical (unpaired) electrons. The monoisotopic (exact) mass is 266 g/mol. The maximum Gasteiger partial charge on any atom is 0.163 e. The van der Waals surface area contributed by atoms with E-state index in [2.05, 4.69) is 15.9 Å². The van der Waals surface area contributed by atoms with Gasteiger partial charge in [0.15, 0.2) is 5.78 Å². The van der Waals surface area contributed by atoms with E-state index in [4.69, 9.17) is 4.74 Å². The molecule has 1 aliphatic heterocycles. The van der Waals surface area contributed by atoms with Crippen LogP contribution in [0.3, 0.4) is 0 Å². The summed E-state index contributed by atoms with van der Waals surface area (Å²) in [5.41, 5.74) is 1.03. The molecule has 2 nitrogen and oxygen atoms in total. The molecule has 0 amide bonds. The van der Waals surface area contributed by atoms with Crippen molar-refractivity contribution in [2.24, 2.45) is 0 Å². The molecule has 0 bridgehead atoms. The summed E-state index contributed by atoms with van der Waals surface area (Å²) in [7, 11) is 0. The van der Waals surface area contributed by atoms with E-state index in [-0.39, 0.29) is 11.9 Å². The van der Waals surface area contributed by atoms with Crippen LogP contribution in [0.15, 0.2) is 40.6 Å². The third-order valence-electron chi connectivity index (χ3n) is 2.30. The highest BCUT2D eigenvalue weighted by Gasteiger charge is 2.21. The van der Waals surface area contributed by atoms with Crippen molar-refractivity contribution < 1.29 is 9.53 Å². The lowest BCUT2D eigenvalue weighted by Gasteiger charge is -2.22.